The van der Waals surface area contributed by atoms with Crippen molar-refractivity contribution in [2.24, 2.45) is 0 Å². The molecule has 1 aliphatic rings. The average molecular weight is 435 g/mol. The highest BCUT2D eigenvalue weighted by Crippen LogP contribution is 2.28. The van der Waals surface area contributed by atoms with Crippen LogP contribution in [0.5, 0.6) is 0 Å². The fraction of sp³-hybridized carbons (Fsp3) is 0.0769. The molecule has 1 aliphatic heterocycles. The first kappa shape index (κ1) is 19.3. The molecule has 0 saturated heterocycles. The van der Waals surface area contributed by atoms with Crippen molar-refractivity contribution < 1.29 is 9.18 Å². The number of rotatable bonds is 3. The topological polar surface area (TPSA) is 63.4 Å². The largest absolute Gasteiger partial charge is 0.296 e. The van der Waals surface area contributed by atoms with Gasteiger partial charge in [0.15, 0.2) is 0 Å². The third kappa shape index (κ3) is 3.34. The summed E-state index contributed by atoms with van der Waals surface area (Å²) in [6.45, 7) is 0.633. The first-order chi connectivity index (χ1) is 16.2. The standard InChI is InChI=1S/C26H18FN5O/c27-21-5-1-3-20(13-21)23-16-32-22(14-29-23)15-30-25(32)18-6-8-19(9-7-18)26(33)31-12-10-17-4-2-11-28-24(17)31/h1-9,11,13-16H,10,12H2. The van der Waals surface area contributed by atoms with E-state index in [1.165, 1.54) is 12.1 Å². The molecular formula is C26H18FN5O. The van der Waals surface area contributed by atoms with Gasteiger partial charge < -0.3 is 0 Å². The minimum Gasteiger partial charge on any atom is -0.296 e. The minimum atomic E-state index is -0.309. The van der Waals surface area contributed by atoms with E-state index in [0.29, 0.717) is 23.4 Å². The summed E-state index contributed by atoms with van der Waals surface area (Å²) in [5.74, 6) is 1.08. The first-order valence-corrected chi connectivity index (χ1v) is 10.6. The summed E-state index contributed by atoms with van der Waals surface area (Å²) < 4.78 is 15.6. The van der Waals surface area contributed by atoms with Gasteiger partial charge in [0.1, 0.15) is 17.5 Å². The van der Waals surface area contributed by atoms with Crippen molar-refractivity contribution in [2.45, 2.75) is 6.42 Å². The van der Waals surface area contributed by atoms with Crippen LogP contribution in [0.1, 0.15) is 15.9 Å². The summed E-state index contributed by atoms with van der Waals surface area (Å²) in [5, 5.41) is 0. The van der Waals surface area contributed by atoms with Crippen molar-refractivity contribution in [2.75, 3.05) is 11.4 Å². The van der Waals surface area contributed by atoms with Crippen molar-refractivity contribution in [3.05, 3.63) is 102 Å². The number of imidazole rings is 1. The van der Waals surface area contributed by atoms with Crippen LogP contribution in [-0.2, 0) is 6.42 Å². The van der Waals surface area contributed by atoms with Gasteiger partial charge in [-0.25, -0.2) is 14.4 Å². The predicted octanol–water partition coefficient (Wildman–Crippen LogP) is 4.80. The Labute approximate surface area is 189 Å². The molecule has 4 heterocycles. The molecule has 7 heteroatoms. The first-order valence-electron chi connectivity index (χ1n) is 10.6. The number of carbonyl (C=O) groups excluding carboxylic acids is 1. The van der Waals surface area contributed by atoms with E-state index in [1.807, 2.05) is 53.1 Å². The van der Waals surface area contributed by atoms with Crippen LogP contribution in [0.2, 0.25) is 0 Å². The van der Waals surface area contributed by atoms with Gasteiger partial charge in [0.2, 0.25) is 0 Å². The van der Waals surface area contributed by atoms with Crippen molar-refractivity contribution in [1.29, 1.82) is 0 Å². The Hall–Kier alpha value is -4.39. The molecule has 0 saturated carbocycles. The molecule has 1 amide bonds. The van der Waals surface area contributed by atoms with E-state index in [4.69, 9.17) is 0 Å². The second-order valence-electron chi connectivity index (χ2n) is 7.93. The van der Waals surface area contributed by atoms with Gasteiger partial charge in [0.05, 0.1) is 23.6 Å². The molecule has 0 radical (unpaired) electrons. The summed E-state index contributed by atoms with van der Waals surface area (Å²) in [4.78, 5) is 28.2. The van der Waals surface area contributed by atoms with E-state index in [1.54, 1.807) is 29.6 Å². The van der Waals surface area contributed by atoms with Crippen LogP contribution in [0, 0.1) is 5.82 Å². The van der Waals surface area contributed by atoms with Crippen molar-refractivity contribution in [1.82, 2.24) is 19.4 Å². The number of benzene rings is 2. The Kier molecular flexibility index (Phi) is 4.47. The molecular weight excluding hydrogens is 417 g/mol. The number of hydrogen-bond acceptors (Lipinski definition) is 4. The van der Waals surface area contributed by atoms with Gasteiger partial charge >= 0.3 is 0 Å². The second kappa shape index (κ2) is 7.63. The van der Waals surface area contributed by atoms with E-state index in [-0.39, 0.29) is 11.7 Å². The van der Waals surface area contributed by atoms with Gasteiger partial charge in [0.25, 0.3) is 5.91 Å². The Morgan fingerprint density at radius 1 is 0.909 bits per heavy atom. The lowest BCUT2D eigenvalue weighted by Gasteiger charge is -2.16. The van der Waals surface area contributed by atoms with Crippen molar-refractivity contribution in [3.8, 4) is 22.6 Å². The number of amides is 1. The van der Waals surface area contributed by atoms with Crippen LogP contribution in [0.15, 0.2) is 85.5 Å². The minimum absolute atomic E-state index is 0.0652. The van der Waals surface area contributed by atoms with Crippen LogP contribution in [0.25, 0.3) is 28.2 Å². The fourth-order valence-corrected chi connectivity index (χ4v) is 4.23. The molecule has 3 aromatic heterocycles. The van der Waals surface area contributed by atoms with E-state index in [2.05, 4.69) is 15.0 Å². The molecule has 0 bridgehead atoms. The van der Waals surface area contributed by atoms with Crippen LogP contribution in [0.3, 0.4) is 0 Å². The van der Waals surface area contributed by atoms with Crippen LogP contribution < -0.4 is 4.90 Å². The number of hydrogen-bond donors (Lipinski definition) is 0. The van der Waals surface area contributed by atoms with E-state index < -0.39 is 0 Å². The average Bonchev–Trinajstić information content (AvgIpc) is 3.48. The highest BCUT2D eigenvalue weighted by Gasteiger charge is 2.26. The number of nitrogens with zero attached hydrogens (tertiary/aromatic N) is 5. The summed E-state index contributed by atoms with van der Waals surface area (Å²) in [6.07, 6.45) is 7.83. The zero-order valence-electron chi connectivity index (χ0n) is 17.5. The summed E-state index contributed by atoms with van der Waals surface area (Å²) in [5.41, 5.74) is 4.72. The number of aromatic nitrogens is 4. The molecule has 5 aromatic rings. The summed E-state index contributed by atoms with van der Waals surface area (Å²) in [7, 11) is 0. The number of fused-ring (bicyclic) bond motifs is 2. The highest BCUT2D eigenvalue weighted by atomic mass is 19.1. The maximum Gasteiger partial charge on any atom is 0.259 e. The number of anilines is 1. The van der Waals surface area contributed by atoms with Crippen LogP contribution in [-0.4, -0.2) is 31.8 Å². The zero-order valence-corrected chi connectivity index (χ0v) is 17.5. The molecule has 0 atom stereocenters. The highest BCUT2D eigenvalue weighted by molar-refractivity contribution is 6.06. The van der Waals surface area contributed by atoms with Gasteiger partial charge in [-0.1, -0.05) is 30.3 Å². The Morgan fingerprint density at radius 2 is 1.76 bits per heavy atom. The van der Waals surface area contributed by atoms with Gasteiger partial charge in [-0.2, -0.15) is 0 Å². The van der Waals surface area contributed by atoms with E-state index >= 15 is 0 Å². The maximum absolute atomic E-state index is 13.7. The molecule has 0 spiro atoms. The van der Waals surface area contributed by atoms with E-state index in [9.17, 15) is 9.18 Å². The monoisotopic (exact) mass is 435 g/mol. The molecule has 0 N–H and O–H groups in total. The zero-order chi connectivity index (χ0) is 22.4. The molecule has 0 aliphatic carbocycles. The molecule has 33 heavy (non-hydrogen) atoms. The summed E-state index contributed by atoms with van der Waals surface area (Å²) in [6, 6.07) is 17.7. The molecule has 0 unspecified atom stereocenters. The molecule has 0 fully saturated rings. The van der Waals surface area contributed by atoms with Crippen molar-refractivity contribution >= 4 is 17.2 Å². The Morgan fingerprint density at radius 3 is 2.61 bits per heavy atom. The smallest absolute Gasteiger partial charge is 0.259 e. The molecule has 160 valence electrons. The number of carbonyl (C=O) groups is 1. The second-order valence-corrected chi connectivity index (χ2v) is 7.93. The van der Waals surface area contributed by atoms with Crippen LogP contribution in [0.4, 0.5) is 10.2 Å². The SMILES string of the molecule is O=C(c1ccc(-c2ncc3cnc(-c4cccc(F)c4)cn23)cc1)N1CCc2cccnc21. The predicted molar refractivity (Wildman–Crippen MR) is 123 cm³/mol. The van der Waals surface area contributed by atoms with Crippen molar-refractivity contribution in [3.63, 3.8) is 0 Å². The Balaban J connectivity index is 1.32. The quantitative estimate of drug-likeness (QED) is 0.408. The molecule has 6 nitrogen and oxygen atoms in total. The van der Waals surface area contributed by atoms with Crippen LogP contribution >= 0.6 is 0 Å². The normalized spacial score (nSPS) is 12.8. The lowest BCUT2D eigenvalue weighted by Crippen LogP contribution is -2.29. The lowest BCUT2D eigenvalue weighted by molar-refractivity contribution is 0.0988. The molecule has 6 rings (SSSR count). The van der Waals surface area contributed by atoms with Gasteiger partial charge in [-0.15, -0.1) is 0 Å². The van der Waals surface area contributed by atoms with Gasteiger partial charge in [-0.05, 0) is 42.3 Å². The Bertz CT molecular complexity index is 1510. The third-order valence-electron chi connectivity index (χ3n) is 5.90. The number of halogens is 1. The summed E-state index contributed by atoms with van der Waals surface area (Å²) >= 11 is 0. The van der Waals surface area contributed by atoms with Gasteiger partial charge in [0, 0.05) is 35.6 Å². The maximum atomic E-state index is 13.7. The van der Waals surface area contributed by atoms with Gasteiger partial charge in [-0.3, -0.25) is 19.1 Å². The lowest BCUT2D eigenvalue weighted by atomic mass is 10.1. The molecule has 2 aromatic carbocycles. The fourth-order valence-electron chi connectivity index (χ4n) is 4.23. The van der Waals surface area contributed by atoms with E-state index in [0.717, 1.165) is 34.7 Å². The third-order valence-corrected chi connectivity index (χ3v) is 5.90. The number of pyridine rings is 1.